The summed E-state index contributed by atoms with van der Waals surface area (Å²) in [6.45, 7) is 1.60. The maximum Gasteiger partial charge on any atom is 0.134 e. The van der Waals surface area contributed by atoms with E-state index in [1.54, 1.807) is 21.1 Å². The Morgan fingerprint density at radius 2 is 1.70 bits per heavy atom. The molecule has 3 nitrogen and oxygen atoms in total. The highest BCUT2D eigenvalue weighted by Gasteiger charge is 2.07. The number of methoxy groups -OCH3 is 2. The van der Waals surface area contributed by atoms with E-state index in [2.05, 4.69) is 0 Å². The lowest BCUT2D eigenvalue weighted by atomic mass is 10.0. The molecule has 2 aromatic rings. The Labute approximate surface area is 119 Å². The summed E-state index contributed by atoms with van der Waals surface area (Å²) < 4.78 is 10.6. The molecule has 0 N–H and O–H groups in total. The van der Waals surface area contributed by atoms with Crippen molar-refractivity contribution in [1.82, 2.24) is 0 Å². The Kier molecular flexibility index (Phi) is 4.41. The Hall–Kier alpha value is -2.29. The van der Waals surface area contributed by atoms with Gasteiger partial charge in [0.2, 0.25) is 0 Å². The van der Waals surface area contributed by atoms with E-state index in [0.29, 0.717) is 6.42 Å². The highest BCUT2D eigenvalue weighted by atomic mass is 16.5. The minimum Gasteiger partial charge on any atom is -0.497 e. The molecule has 20 heavy (non-hydrogen) atoms. The fourth-order valence-electron chi connectivity index (χ4n) is 2.13. The molecule has 0 spiro atoms. The summed E-state index contributed by atoms with van der Waals surface area (Å²) in [5.41, 5.74) is 3.08. The molecule has 0 unspecified atom stereocenters. The molecule has 0 amide bonds. The summed E-state index contributed by atoms with van der Waals surface area (Å²) in [5, 5.41) is 0. The lowest BCUT2D eigenvalue weighted by molar-refractivity contribution is -0.116. The minimum absolute atomic E-state index is 0.166. The molecular weight excluding hydrogens is 252 g/mol. The van der Waals surface area contributed by atoms with Crippen molar-refractivity contribution in [2.75, 3.05) is 14.2 Å². The van der Waals surface area contributed by atoms with Crippen LogP contribution in [0.5, 0.6) is 11.5 Å². The van der Waals surface area contributed by atoms with E-state index in [9.17, 15) is 4.79 Å². The standard InChI is InChI=1S/C17H18O3/c1-12(18)10-13-4-6-14(7-5-13)16-9-8-15(19-2)11-17(16)20-3/h4-9,11H,10H2,1-3H3. The van der Waals surface area contributed by atoms with Crippen LogP contribution in [0.1, 0.15) is 12.5 Å². The molecule has 0 aliphatic heterocycles. The largest absolute Gasteiger partial charge is 0.497 e. The van der Waals surface area contributed by atoms with E-state index < -0.39 is 0 Å². The summed E-state index contributed by atoms with van der Waals surface area (Å²) in [6, 6.07) is 13.7. The SMILES string of the molecule is COc1ccc(-c2ccc(CC(C)=O)cc2)c(OC)c1. The van der Waals surface area contributed by atoms with Gasteiger partial charge in [0.1, 0.15) is 17.3 Å². The Balaban J connectivity index is 2.33. The van der Waals surface area contributed by atoms with Gasteiger partial charge in [0.25, 0.3) is 0 Å². The smallest absolute Gasteiger partial charge is 0.134 e. The van der Waals surface area contributed by atoms with Gasteiger partial charge in [-0.3, -0.25) is 4.79 Å². The highest BCUT2D eigenvalue weighted by molar-refractivity contribution is 5.78. The van der Waals surface area contributed by atoms with E-state index in [1.165, 1.54) is 0 Å². The molecule has 0 heterocycles. The van der Waals surface area contributed by atoms with Crippen LogP contribution in [0.2, 0.25) is 0 Å². The van der Waals surface area contributed by atoms with Crippen molar-refractivity contribution < 1.29 is 14.3 Å². The highest BCUT2D eigenvalue weighted by Crippen LogP contribution is 2.33. The number of rotatable bonds is 5. The van der Waals surface area contributed by atoms with Crippen LogP contribution in [-0.2, 0) is 11.2 Å². The number of carbonyl (C=O) groups is 1. The van der Waals surface area contributed by atoms with Gasteiger partial charge in [-0.2, -0.15) is 0 Å². The molecule has 0 bridgehead atoms. The van der Waals surface area contributed by atoms with Crippen LogP contribution < -0.4 is 9.47 Å². The topological polar surface area (TPSA) is 35.5 Å². The summed E-state index contributed by atoms with van der Waals surface area (Å²) in [6.07, 6.45) is 0.472. The predicted octanol–water partition coefficient (Wildman–Crippen LogP) is 3.50. The fourth-order valence-corrected chi connectivity index (χ4v) is 2.13. The van der Waals surface area contributed by atoms with E-state index in [1.807, 2.05) is 42.5 Å². The Bertz CT molecular complexity index is 600. The molecule has 0 aliphatic carbocycles. The zero-order chi connectivity index (χ0) is 14.5. The first-order valence-electron chi connectivity index (χ1n) is 6.45. The Morgan fingerprint density at radius 1 is 1.00 bits per heavy atom. The monoisotopic (exact) mass is 270 g/mol. The summed E-state index contributed by atoms with van der Waals surface area (Å²) >= 11 is 0. The molecule has 2 rings (SSSR count). The van der Waals surface area contributed by atoms with Gasteiger partial charge in [-0.1, -0.05) is 24.3 Å². The van der Waals surface area contributed by atoms with Crippen molar-refractivity contribution in [2.45, 2.75) is 13.3 Å². The second-order valence-corrected chi connectivity index (χ2v) is 4.64. The zero-order valence-electron chi connectivity index (χ0n) is 12.0. The molecular formula is C17H18O3. The van der Waals surface area contributed by atoms with Crippen LogP contribution in [-0.4, -0.2) is 20.0 Å². The summed E-state index contributed by atoms with van der Waals surface area (Å²) in [7, 11) is 3.27. The molecule has 0 fully saturated rings. The van der Waals surface area contributed by atoms with Gasteiger partial charge in [-0.15, -0.1) is 0 Å². The van der Waals surface area contributed by atoms with Crippen molar-refractivity contribution in [3.8, 4) is 22.6 Å². The number of benzene rings is 2. The zero-order valence-corrected chi connectivity index (χ0v) is 12.0. The maximum atomic E-state index is 11.1. The lowest BCUT2D eigenvalue weighted by Crippen LogP contribution is -1.96. The van der Waals surface area contributed by atoms with Crippen LogP contribution in [0.4, 0.5) is 0 Å². The van der Waals surface area contributed by atoms with Crippen molar-refractivity contribution in [1.29, 1.82) is 0 Å². The average molecular weight is 270 g/mol. The molecule has 0 saturated heterocycles. The minimum atomic E-state index is 0.166. The van der Waals surface area contributed by atoms with Crippen LogP contribution in [0, 0.1) is 0 Å². The molecule has 3 heteroatoms. The normalized spacial score (nSPS) is 10.2. The molecule has 0 saturated carbocycles. The van der Waals surface area contributed by atoms with Crippen molar-refractivity contribution in [3.05, 3.63) is 48.0 Å². The molecule has 104 valence electrons. The molecule has 0 aliphatic rings. The van der Waals surface area contributed by atoms with Gasteiger partial charge in [0.05, 0.1) is 14.2 Å². The second-order valence-electron chi connectivity index (χ2n) is 4.64. The van der Waals surface area contributed by atoms with Gasteiger partial charge in [-0.25, -0.2) is 0 Å². The summed E-state index contributed by atoms with van der Waals surface area (Å²) in [5.74, 6) is 1.70. The van der Waals surface area contributed by atoms with Gasteiger partial charge < -0.3 is 9.47 Å². The second kappa shape index (κ2) is 6.24. The lowest BCUT2D eigenvalue weighted by Gasteiger charge is -2.11. The van der Waals surface area contributed by atoms with Crippen LogP contribution in [0.15, 0.2) is 42.5 Å². The van der Waals surface area contributed by atoms with Crippen LogP contribution >= 0.6 is 0 Å². The third kappa shape index (κ3) is 3.18. The van der Waals surface area contributed by atoms with Crippen molar-refractivity contribution >= 4 is 5.78 Å². The number of hydrogen-bond donors (Lipinski definition) is 0. The van der Waals surface area contributed by atoms with Gasteiger partial charge in [0, 0.05) is 18.1 Å². The number of Topliss-reactive ketones (excluding diaryl/α,β-unsaturated/α-hetero) is 1. The van der Waals surface area contributed by atoms with E-state index in [4.69, 9.17) is 9.47 Å². The van der Waals surface area contributed by atoms with Crippen LogP contribution in [0.3, 0.4) is 0 Å². The maximum absolute atomic E-state index is 11.1. The predicted molar refractivity (Wildman–Crippen MR) is 79.4 cm³/mol. The van der Waals surface area contributed by atoms with Crippen molar-refractivity contribution in [2.24, 2.45) is 0 Å². The fraction of sp³-hybridized carbons (Fsp3) is 0.235. The number of hydrogen-bond acceptors (Lipinski definition) is 3. The molecule has 0 aromatic heterocycles. The van der Waals surface area contributed by atoms with E-state index in [0.717, 1.165) is 28.2 Å². The van der Waals surface area contributed by atoms with Gasteiger partial charge in [-0.05, 0) is 30.2 Å². The van der Waals surface area contributed by atoms with Gasteiger partial charge in [0.15, 0.2) is 0 Å². The Morgan fingerprint density at radius 3 is 2.25 bits per heavy atom. The van der Waals surface area contributed by atoms with Crippen LogP contribution in [0.25, 0.3) is 11.1 Å². The average Bonchev–Trinajstić information content (AvgIpc) is 2.47. The van der Waals surface area contributed by atoms with Crippen molar-refractivity contribution in [3.63, 3.8) is 0 Å². The molecule has 0 radical (unpaired) electrons. The number of carbonyl (C=O) groups excluding carboxylic acids is 1. The van der Waals surface area contributed by atoms with Gasteiger partial charge >= 0.3 is 0 Å². The first-order valence-corrected chi connectivity index (χ1v) is 6.45. The molecule has 2 aromatic carbocycles. The van der Waals surface area contributed by atoms with E-state index >= 15 is 0 Å². The third-order valence-corrected chi connectivity index (χ3v) is 3.13. The summed E-state index contributed by atoms with van der Waals surface area (Å²) in [4.78, 5) is 11.1. The van der Waals surface area contributed by atoms with E-state index in [-0.39, 0.29) is 5.78 Å². The first-order chi connectivity index (χ1) is 9.63. The first kappa shape index (κ1) is 14.1. The third-order valence-electron chi connectivity index (χ3n) is 3.13. The molecule has 0 atom stereocenters. The number of ketones is 1. The number of ether oxygens (including phenoxy) is 2. The quantitative estimate of drug-likeness (QED) is 0.834.